The van der Waals surface area contributed by atoms with Crippen LogP contribution in [0.2, 0.25) is 0 Å². The van der Waals surface area contributed by atoms with Gasteiger partial charge in [-0.3, -0.25) is 4.79 Å². The number of piperidine rings is 1. The van der Waals surface area contributed by atoms with E-state index in [-0.39, 0.29) is 5.91 Å². The molecule has 1 fully saturated rings. The SMILES string of the molecule is COc1c(N)cccc1C(=O)N1CCC(C)(O)CC1. The number of hydrogen-bond donors (Lipinski definition) is 2. The molecule has 104 valence electrons. The highest BCUT2D eigenvalue weighted by molar-refractivity contribution is 5.98. The molecule has 0 unspecified atom stereocenters. The number of nitrogens with zero attached hydrogens (tertiary/aromatic N) is 1. The Morgan fingerprint density at radius 1 is 1.42 bits per heavy atom. The van der Waals surface area contributed by atoms with E-state index >= 15 is 0 Å². The fraction of sp³-hybridized carbons (Fsp3) is 0.500. The Kier molecular flexibility index (Phi) is 3.66. The van der Waals surface area contributed by atoms with E-state index in [2.05, 4.69) is 0 Å². The molecule has 5 heteroatoms. The van der Waals surface area contributed by atoms with Crippen molar-refractivity contribution in [2.24, 2.45) is 0 Å². The van der Waals surface area contributed by atoms with Gasteiger partial charge in [-0.05, 0) is 31.9 Å². The highest BCUT2D eigenvalue weighted by atomic mass is 16.5. The molecule has 0 aliphatic carbocycles. The molecule has 0 atom stereocenters. The van der Waals surface area contributed by atoms with Crippen molar-refractivity contribution in [3.8, 4) is 5.75 Å². The number of methoxy groups -OCH3 is 1. The fourth-order valence-corrected chi connectivity index (χ4v) is 2.31. The standard InChI is InChI=1S/C14H20N2O3/c1-14(18)6-8-16(9-7-14)13(17)10-4-3-5-11(15)12(10)19-2/h3-5,18H,6-9,15H2,1-2H3. The number of carbonyl (C=O) groups excluding carboxylic acids is 1. The molecule has 0 bridgehead atoms. The smallest absolute Gasteiger partial charge is 0.257 e. The number of carbonyl (C=O) groups is 1. The average molecular weight is 264 g/mol. The predicted octanol–water partition coefficient (Wildman–Crippen LogP) is 1.26. The van der Waals surface area contributed by atoms with Crippen LogP contribution in [0.5, 0.6) is 5.75 Å². The second-order valence-electron chi connectivity index (χ2n) is 5.22. The Bertz CT molecular complexity index is 476. The lowest BCUT2D eigenvalue weighted by atomic mass is 9.93. The minimum Gasteiger partial charge on any atom is -0.494 e. The minimum atomic E-state index is -0.670. The number of rotatable bonds is 2. The van der Waals surface area contributed by atoms with Gasteiger partial charge in [0.25, 0.3) is 5.91 Å². The molecule has 1 saturated heterocycles. The van der Waals surface area contributed by atoms with E-state index < -0.39 is 5.60 Å². The number of nitrogen functional groups attached to an aromatic ring is 1. The highest BCUT2D eigenvalue weighted by Crippen LogP contribution is 2.29. The van der Waals surface area contributed by atoms with Crippen molar-refractivity contribution in [1.82, 2.24) is 4.90 Å². The number of para-hydroxylation sites is 1. The Morgan fingerprint density at radius 3 is 2.63 bits per heavy atom. The zero-order valence-electron chi connectivity index (χ0n) is 11.3. The van der Waals surface area contributed by atoms with Crippen LogP contribution in [0.1, 0.15) is 30.1 Å². The van der Waals surface area contributed by atoms with Gasteiger partial charge < -0.3 is 20.5 Å². The summed E-state index contributed by atoms with van der Waals surface area (Å²) in [6, 6.07) is 5.16. The average Bonchev–Trinajstić information content (AvgIpc) is 2.37. The molecule has 1 aliphatic rings. The first-order valence-corrected chi connectivity index (χ1v) is 6.39. The molecular formula is C14H20N2O3. The molecule has 3 N–H and O–H groups in total. The summed E-state index contributed by atoms with van der Waals surface area (Å²) in [7, 11) is 1.50. The summed E-state index contributed by atoms with van der Waals surface area (Å²) in [4.78, 5) is 14.2. The molecule has 1 aromatic rings. The summed E-state index contributed by atoms with van der Waals surface area (Å²) < 4.78 is 5.21. The summed E-state index contributed by atoms with van der Waals surface area (Å²) in [5.74, 6) is 0.324. The number of anilines is 1. The van der Waals surface area contributed by atoms with Crippen LogP contribution in [-0.2, 0) is 0 Å². The van der Waals surface area contributed by atoms with E-state index in [1.807, 2.05) is 0 Å². The van der Waals surface area contributed by atoms with Gasteiger partial charge in [0.05, 0.1) is 24.0 Å². The van der Waals surface area contributed by atoms with E-state index in [1.54, 1.807) is 30.0 Å². The lowest BCUT2D eigenvalue weighted by Gasteiger charge is -2.36. The lowest BCUT2D eigenvalue weighted by Crippen LogP contribution is -2.45. The largest absolute Gasteiger partial charge is 0.494 e. The monoisotopic (exact) mass is 264 g/mol. The van der Waals surface area contributed by atoms with Gasteiger partial charge in [0.15, 0.2) is 5.75 Å². The van der Waals surface area contributed by atoms with Gasteiger partial charge in [0, 0.05) is 13.1 Å². The van der Waals surface area contributed by atoms with Gasteiger partial charge >= 0.3 is 0 Å². The first kappa shape index (κ1) is 13.7. The van der Waals surface area contributed by atoms with E-state index in [4.69, 9.17) is 10.5 Å². The first-order chi connectivity index (χ1) is 8.94. The third kappa shape index (κ3) is 2.81. The molecule has 19 heavy (non-hydrogen) atoms. The molecule has 1 heterocycles. The van der Waals surface area contributed by atoms with Gasteiger partial charge in [-0.15, -0.1) is 0 Å². The predicted molar refractivity (Wildman–Crippen MR) is 73.2 cm³/mol. The third-order valence-corrected chi connectivity index (χ3v) is 3.61. The van der Waals surface area contributed by atoms with Gasteiger partial charge in [-0.2, -0.15) is 0 Å². The van der Waals surface area contributed by atoms with Gasteiger partial charge in [-0.1, -0.05) is 6.07 Å². The van der Waals surface area contributed by atoms with Crippen LogP contribution in [-0.4, -0.2) is 41.7 Å². The number of benzene rings is 1. The van der Waals surface area contributed by atoms with E-state index in [0.717, 1.165) is 0 Å². The summed E-state index contributed by atoms with van der Waals surface area (Å²) in [6.45, 7) is 2.89. The number of amides is 1. The lowest BCUT2D eigenvalue weighted by molar-refractivity contribution is -0.00208. The Hall–Kier alpha value is -1.75. The Morgan fingerprint density at radius 2 is 2.05 bits per heavy atom. The maximum Gasteiger partial charge on any atom is 0.257 e. The quantitative estimate of drug-likeness (QED) is 0.789. The van der Waals surface area contributed by atoms with Crippen LogP contribution in [0.3, 0.4) is 0 Å². The zero-order chi connectivity index (χ0) is 14.0. The maximum atomic E-state index is 12.5. The highest BCUT2D eigenvalue weighted by Gasteiger charge is 2.31. The van der Waals surface area contributed by atoms with Crippen molar-refractivity contribution in [3.63, 3.8) is 0 Å². The molecule has 5 nitrogen and oxygen atoms in total. The van der Waals surface area contributed by atoms with Crippen LogP contribution >= 0.6 is 0 Å². The molecular weight excluding hydrogens is 244 g/mol. The molecule has 2 rings (SSSR count). The second-order valence-corrected chi connectivity index (χ2v) is 5.22. The van der Waals surface area contributed by atoms with Gasteiger partial charge in [-0.25, -0.2) is 0 Å². The second kappa shape index (κ2) is 5.09. The molecule has 0 aromatic heterocycles. The maximum absolute atomic E-state index is 12.5. The van der Waals surface area contributed by atoms with Crippen molar-refractivity contribution < 1.29 is 14.6 Å². The van der Waals surface area contributed by atoms with Crippen LogP contribution in [0.15, 0.2) is 18.2 Å². The van der Waals surface area contributed by atoms with Crippen molar-refractivity contribution in [2.45, 2.75) is 25.4 Å². The topological polar surface area (TPSA) is 75.8 Å². The molecule has 0 radical (unpaired) electrons. The Balaban J connectivity index is 2.19. The van der Waals surface area contributed by atoms with Crippen molar-refractivity contribution in [3.05, 3.63) is 23.8 Å². The van der Waals surface area contributed by atoms with Gasteiger partial charge in [0.1, 0.15) is 0 Å². The molecule has 1 aromatic carbocycles. The number of hydrogen-bond acceptors (Lipinski definition) is 4. The van der Waals surface area contributed by atoms with E-state index in [0.29, 0.717) is 42.9 Å². The molecule has 0 spiro atoms. The summed E-state index contributed by atoms with van der Waals surface area (Å²) in [5, 5.41) is 9.91. The van der Waals surface area contributed by atoms with Crippen LogP contribution in [0.25, 0.3) is 0 Å². The number of likely N-dealkylation sites (tertiary alicyclic amines) is 1. The normalized spacial score (nSPS) is 18.2. The van der Waals surface area contributed by atoms with Crippen molar-refractivity contribution in [1.29, 1.82) is 0 Å². The molecule has 1 amide bonds. The molecule has 0 saturated carbocycles. The van der Waals surface area contributed by atoms with E-state index in [9.17, 15) is 9.90 Å². The van der Waals surface area contributed by atoms with Crippen LogP contribution < -0.4 is 10.5 Å². The van der Waals surface area contributed by atoms with Gasteiger partial charge in [0.2, 0.25) is 0 Å². The Labute approximate surface area is 113 Å². The summed E-state index contributed by atoms with van der Waals surface area (Å²) >= 11 is 0. The van der Waals surface area contributed by atoms with Crippen LogP contribution in [0.4, 0.5) is 5.69 Å². The number of nitrogens with two attached hydrogens (primary N) is 1. The fourth-order valence-electron chi connectivity index (χ4n) is 2.31. The summed E-state index contributed by atoms with van der Waals surface area (Å²) in [5.41, 5.74) is 6.07. The number of aliphatic hydroxyl groups is 1. The zero-order valence-corrected chi connectivity index (χ0v) is 11.3. The van der Waals surface area contributed by atoms with E-state index in [1.165, 1.54) is 7.11 Å². The van der Waals surface area contributed by atoms with Crippen molar-refractivity contribution >= 4 is 11.6 Å². The molecule has 1 aliphatic heterocycles. The van der Waals surface area contributed by atoms with Crippen molar-refractivity contribution in [2.75, 3.05) is 25.9 Å². The summed E-state index contributed by atoms with van der Waals surface area (Å²) in [6.07, 6.45) is 1.17. The first-order valence-electron chi connectivity index (χ1n) is 6.39. The van der Waals surface area contributed by atoms with Crippen LogP contribution in [0, 0.1) is 0 Å². The third-order valence-electron chi connectivity index (χ3n) is 3.61. The minimum absolute atomic E-state index is 0.0975. The number of ether oxygens (including phenoxy) is 1.